The number of amides is 1. The number of nitrogens with zero attached hydrogens (tertiary/aromatic N) is 1. The number of hydrogen-bond donors (Lipinski definition) is 1. The van der Waals surface area contributed by atoms with Crippen molar-refractivity contribution in [2.75, 3.05) is 13.6 Å². The van der Waals surface area contributed by atoms with Gasteiger partial charge in [0.05, 0.1) is 5.54 Å². The third-order valence-electron chi connectivity index (χ3n) is 4.06. The standard InChI is InChI=1S/C17H27FN2O/c1-6-16(11-12-19-5)20(13(2)21)17(3,4)14-7-9-15(18)10-8-14/h7-10,16,19H,6,11-12H2,1-5H3. The summed E-state index contributed by atoms with van der Waals surface area (Å²) in [4.78, 5) is 14.2. The molecule has 0 saturated carbocycles. The van der Waals surface area contributed by atoms with E-state index in [4.69, 9.17) is 0 Å². The summed E-state index contributed by atoms with van der Waals surface area (Å²) in [6, 6.07) is 6.58. The molecule has 0 aromatic heterocycles. The van der Waals surface area contributed by atoms with Crippen LogP contribution in [0, 0.1) is 5.82 Å². The number of nitrogens with one attached hydrogen (secondary N) is 1. The van der Waals surface area contributed by atoms with Crippen molar-refractivity contribution in [2.45, 2.75) is 52.1 Å². The summed E-state index contributed by atoms with van der Waals surface area (Å²) >= 11 is 0. The van der Waals surface area contributed by atoms with Gasteiger partial charge in [-0.2, -0.15) is 0 Å². The van der Waals surface area contributed by atoms with Gasteiger partial charge in [0.25, 0.3) is 0 Å². The van der Waals surface area contributed by atoms with E-state index in [1.54, 1.807) is 19.1 Å². The van der Waals surface area contributed by atoms with E-state index in [9.17, 15) is 9.18 Å². The van der Waals surface area contributed by atoms with Gasteiger partial charge in [-0.15, -0.1) is 0 Å². The second kappa shape index (κ2) is 7.55. The molecule has 1 N–H and O–H groups in total. The first-order valence-electron chi connectivity index (χ1n) is 7.55. The van der Waals surface area contributed by atoms with E-state index in [2.05, 4.69) is 12.2 Å². The molecule has 1 atom stereocenters. The van der Waals surface area contributed by atoms with Crippen LogP contribution < -0.4 is 5.32 Å². The lowest BCUT2D eigenvalue weighted by molar-refractivity contribution is -0.138. The van der Waals surface area contributed by atoms with Gasteiger partial charge in [-0.05, 0) is 58.0 Å². The smallest absolute Gasteiger partial charge is 0.220 e. The van der Waals surface area contributed by atoms with Gasteiger partial charge in [-0.3, -0.25) is 4.79 Å². The number of benzene rings is 1. The molecule has 4 heteroatoms. The van der Waals surface area contributed by atoms with E-state index in [0.29, 0.717) is 0 Å². The Morgan fingerprint density at radius 1 is 1.33 bits per heavy atom. The predicted molar refractivity (Wildman–Crippen MR) is 84.6 cm³/mol. The highest BCUT2D eigenvalue weighted by atomic mass is 19.1. The van der Waals surface area contributed by atoms with Crippen LogP contribution in [-0.2, 0) is 10.3 Å². The van der Waals surface area contributed by atoms with Gasteiger partial charge in [0, 0.05) is 13.0 Å². The molecule has 1 aromatic rings. The van der Waals surface area contributed by atoms with Crippen LogP contribution in [0.4, 0.5) is 4.39 Å². The van der Waals surface area contributed by atoms with Crippen LogP contribution in [0.25, 0.3) is 0 Å². The highest BCUT2D eigenvalue weighted by Gasteiger charge is 2.35. The quantitative estimate of drug-likeness (QED) is 0.837. The van der Waals surface area contributed by atoms with E-state index in [1.165, 1.54) is 12.1 Å². The first kappa shape index (κ1) is 17.6. The van der Waals surface area contributed by atoms with Crippen molar-refractivity contribution in [3.8, 4) is 0 Å². The first-order chi connectivity index (χ1) is 9.84. The SMILES string of the molecule is CCC(CCNC)N(C(C)=O)C(C)(C)c1ccc(F)cc1. The maximum Gasteiger partial charge on any atom is 0.220 e. The Labute approximate surface area is 127 Å². The Hall–Kier alpha value is -1.42. The zero-order valence-corrected chi connectivity index (χ0v) is 13.7. The van der Waals surface area contributed by atoms with Crippen LogP contribution in [0.3, 0.4) is 0 Å². The molecule has 0 spiro atoms. The third-order valence-corrected chi connectivity index (χ3v) is 4.06. The van der Waals surface area contributed by atoms with Crippen molar-refractivity contribution in [2.24, 2.45) is 0 Å². The number of hydrogen-bond acceptors (Lipinski definition) is 2. The Kier molecular flexibility index (Phi) is 6.34. The molecule has 118 valence electrons. The van der Waals surface area contributed by atoms with Crippen LogP contribution in [0.1, 0.15) is 46.1 Å². The molecule has 0 saturated heterocycles. The third kappa shape index (κ3) is 4.27. The Bertz CT molecular complexity index is 456. The van der Waals surface area contributed by atoms with Crippen molar-refractivity contribution in [3.05, 3.63) is 35.6 Å². The molecule has 0 aliphatic rings. The average Bonchev–Trinajstić information content (AvgIpc) is 2.42. The minimum Gasteiger partial charge on any atom is -0.331 e. The average molecular weight is 294 g/mol. The number of carbonyl (C=O) groups excluding carboxylic acids is 1. The van der Waals surface area contributed by atoms with Crippen molar-refractivity contribution >= 4 is 5.91 Å². The second-order valence-corrected chi connectivity index (χ2v) is 5.91. The summed E-state index contributed by atoms with van der Waals surface area (Å²) in [5.74, 6) is -0.210. The Balaban J connectivity index is 3.12. The fraction of sp³-hybridized carbons (Fsp3) is 0.588. The molecule has 0 fully saturated rings. The van der Waals surface area contributed by atoms with Gasteiger partial charge in [0.1, 0.15) is 5.82 Å². The molecule has 1 unspecified atom stereocenters. The fourth-order valence-electron chi connectivity index (χ4n) is 2.93. The lowest BCUT2D eigenvalue weighted by Crippen LogP contribution is -2.51. The number of carbonyl (C=O) groups is 1. The zero-order chi connectivity index (χ0) is 16.0. The molecule has 0 aliphatic heterocycles. The van der Waals surface area contributed by atoms with E-state index >= 15 is 0 Å². The van der Waals surface area contributed by atoms with E-state index in [1.807, 2.05) is 25.8 Å². The second-order valence-electron chi connectivity index (χ2n) is 5.91. The molecular formula is C17H27FN2O. The Morgan fingerprint density at radius 2 is 1.90 bits per heavy atom. The van der Waals surface area contributed by atoms with Crippen LogP contribution in [0.2, 0.25) is 0 Å². The summed E-state index contributed by atoms with van der Waals surface area (Å²) < 4.78 is 13.1. The normalized spacial score (nSPS) is 13.0. The van der Waals surface area contributed by atoms with Gasteiger partial charge in [-0.25, -0.2) is 4.39 Å². The van der Waals surface area contributed by atoms with Crippen molar-refractivity contribution in [3.63, 3.8) is 0 Å². The van der Waals surface area contributed by atoms with Gasteiger partial charge < -0.3 is 10.2 Å². The highest BCUT2D eigenvalue weighted by molar-refractivity contribution is 5.74. The maximum absolute atomic E-state index is 13.1. The van der Waals surface area contributed by atoms with Gasteiger partial charge in [-0.1, -0.05) is 19.1 Å². The summed E-state index contributed by atoms with van der Waals surface area (Å²) in [5, 5.41) is 3.14. The first-order valence-corrected chi connectivity index (χ1v) is 7.55. The lowest BCUT2D eigenvalue weighted by atomic mass is 9.89. The number of rotatable bonds is 7. The van der Waals surface area contributed by atoms with Crippen LogP contribution >= 0.6 is 0 Å². The van der Waals surface area contributed by atoms with Crippen LogP contribution in [-0.4, -0.2) is 30.4 Å². The molecule has 0 heterocycles. The molecule has 21 heavy (non-hydrogen) atoms. The predicted octanol–water partition coefficient (Wildman–Crippen LogP) is 3.30. The minimum absolute atomic E-state index is 0.0484. The Morgan fingerprint density at radius 3 is 2.33 bits per heavy atom. The largest absolute Gasteiger partial charge is 0.331 e. The summed E-state index contributed by atoms with van der Waals surface area (Å²) in [5.41, 5.74) is 0.482. The summed E-state index contributed by atoms with van der Waals surface area (Å²) in [7, 11) is 1.91. The summed E-state index contributed by atoms with van der Waals surface area (Å²) in [6.07, 6.45) is 1.79. The molecule has 0 bridgehead atoms. The molecular weight excluding hydrogens is 267 g/mol. The van der Waals surface area contributed by atoms with E-state index in [-0.39, 0.29) is 17.8 Å². The molecule has 0 aliphatic carbocycles. The topological polar surface area (TPSA) is 32.3 Å². The molecule has 3 nitrogen and oxygen atoms in total. The minimum atomic E-state index is -0.464. The van der Waals surface area contributed by atoms with Gasteiger partial charge in [0.15, 0.2) is 0 Å². The van der Waals surface area contributed by atoms with Crippen LogP contribution in [0.15, 0.2) is 24.3 Å². The maximum atomic E-state index is 13.1. The van der Waals surface area contributed by atoms with Gasteiger partial charge in [0.2, 0.25) is 5.91 Å². The van der Waals surface area contributed by atoms with Crippen LogP contribution in [0.5, 0.6) is 0 Å². The molecule has 1 rings (SSSR count). The van der Waals surface area contributed by atoms with E-state index in [0.717, 1.165) is 24.9 Å². The van der Waals surface area contributed by atoms with Crippen molar-refractivity contribution in [1.82, 2.24) is 10.2 Å². The zero-order valence-electron chi connectivity index (χ0n) is 13.7. The van der Waals surface area contributed by atoms with Gasteiger partial charge >= 0.3 is 0 Å². The highest BCUT2D eigenvalue weighted by Crippen LogP contribution is 2.31. The molecule has 1 aromatic carbocycles. The van der Waals surface area contributed by atoms with Crippen molar-refractivity contribution in [1.29, 1.82) is 0 Å². The van der Waals surface area contributed by atoms with Crippen molar-refractivity contribution < 1.29 is 9.18 Å². The molecule has 0 radical (unpaired) electrons. The molecule has 1 amide bonds. The lowest BCUT2D eigenvalue weighted by Gasteiger charge is -2.44. The monoisotopic (exact) mass is 294 g/mol. The van der Waals surface area contributed by atoms with E-state index < -0.39 is 5.54 Å². The number of halogens is 1. The fourth-order valence-corrected chi connectivity index (χ4v) is 2.93. The summed E-state index contributed by atoms with van der Waals surface area (Å²) in [6.45, 7) is 8.60.